The molecule has 0 spiro atoms. The van der Waals surface area contributed by atoms with Crippen LogP contribution < -0.4 is 5.32 Å². The van der Waals surface area contributed by atoms with E-state index in [1.807, 2.05) is 6.92 Å². The molecule has 1 N–H and O–H groups in total. The Labute approximate surface area is 65.5 Å². The van der Waals surface area contributed by atoms with Crippen LogP contribution in [0.15, 0.2) is 12.3 Å². The molecule has 0 aliphatic rings. The SMILES string of the molecule is CC(=O)Nc1cn[c]cc1C. The van der Waals surface area contributed by atoms with Crippen LogP contribution in [0.3, 0.4) is 0 Å². The van der Waals surface area contributed by atoms with Gasteiger partial charge in [-0.15, -0.1) is 0 Å². The highest BCUT2D eigenvalue weighted by Gasteiger charge is 1.97. The summed E-state index contributed by atoms with van der Waals surface area (Å²) >= 11 is 0. The van der Waals surface area contributed by atoms with Gasteiger partial charge in [0.05, 0.1) is 18.1 Å². The van der Waals surface area contributed by atoms with Gasteiger partial charge < -0.3 is 5.32 Å². The lowest BCUT2D eigenvalue weighted by molar-refractivity contribution is -0.114. The molecule has 0 saturated carbocycles. The van der Waals surface area contributed by atoms with E-state index in [0.717, 1.165) is 11.3 Å². The third kappa shape index (κ3) is 2.04. The Morgan fingerprint density at radius 3 is 3.00 bits per heavy atom. The van der Waals surface area contributed by atoms with Gasteiger partial charge in [-0.3, -0.25) is 9.78 Å². The summed E-state index contributed by atoms with van der Waals surface area (Å²) < 4.78 is 0. The van der Waals surface area contributed by atoms with Crippen molar-refractivity contribution in [1.82, 2.24) is 4.98 Å². The van der Waals surface area contributed by atoms with Gasteiger partial charge in [-0.2, -0.15) is 0 Å². The molecule has 3 nitrogen and oxygen atoms in total. The van der Waals surface area contributed by atoms with E-state index in [1.165, 1.54) is 6.92 Å². The molecule has 3 heteroatoms. The number of carbonyl (C=O) groups excluding carboxylic acids is 1. The molecular formula is C8H9N2O. The summed E-state index contributed by atoms with van der Waals surface area (Å²) in [5.74, 6) is -0.0823. The molecule has 0 fully saturated rings. The van der Waals surface area contributed by atoms with E-state index in [1.54, 1.807) is 12.3 Å². The first-order valence-corrected chi connectivity index (χ1v) is 3.30. The van der Waals surface area contributed by atoms with E-state index in [9.17, 15) is 4.79 Å². The minimum absolute atomic E-state index is 0.0823. The van der Waals surface area contributed by atoms with Crippen molar-refractivity contribution >= 4 is 11.6 Å². The average molecular weight is 149 g/mol. The minimum atomic E-state index is -0.0823. The number of hydrogen-bond donors (Lipinski definition) is 1. The summed E-state index contributed by atoms with van der Waals surface area (Å²) in [5, 5.41) is 2.65. The van der Waals surface area contributed by atoms with E-state index in [4.69, 9.17) is 0 Å². The normalized spacial score (nSPS) is 9.27. The van der Waals surface area contributed by atoms with Gasteiger partial charge in [-0.25, -0.2) is 0 Å². The molecule has 0 aliphatic carbocycles. The Kier molecular flexibility index (Phi) is 2.21. The third-order valence-electron chi connectivity index (χ3n) is 1.28. The van der Waals surface area contributed by atoms with Crippen molar-refractivity contribution in [3.8, 4) is 0 Å². The maximum absolute atomic E-state index is 10.6. The number of nitrogens with zero attached hydrogens (tertiary/aromatic N) is 1. The lowest BCUT2D eigenvalue weighted by Gasteiger charge is -2.02. The fourth-order valence-corrected chi connectivity index (χ4v) is 0.736. The molecule has 1 aromatic heterocycles. The van der Waals surface area contributed by atoms with Crippen molar-refractivity contribution in [1.29, 1.82) is 0 Å². The Bertz CT molecular complexity index is 271. The van der Waals surface area contributed by atoms with Crippen LogP contribution >= 0.6 is 0 Å². The third-order valence-corrected chi connectivity index (χ3v) is 1.28. The van der Waals surface area contributed by atoms with Gasteiger partial charge in [0.1, 0.15) is 0 Å². The molecule has 1 rings (SSSR count). The second-order valence-electron chi connectivity index (χ2n) is 2.31. The minimum Gasteiger partial charge on any atom is -0.325 e. The van der Waals surface area contributed by atoms with Gasteiger partial charge in [0.25, 0.3) is 0 Å². The molecule has 1 radical (unpaired) electrons. The smallest absolute Gasteiger partial charge is 0.221 e. The van der Waals surface area contributed by atoms with Crippen LogP contribution in [0.2, 0.25) is 0 Å². The number of aryl methyl sites for hydroxylation is 1. The zero-order chi connectivity index (χ0) is 8.27. The van der Waals surface area contributed by atoms with Crippen molar-refractivity contribution in [2.75, 3.05) is 5.32 Å². The van der Waals surface area contributed by atoms with Gasteiger partial charge >= 0.3 is 0 Å². The van der Waals surface area contributed by atoms with Crippen molar-refractivity contribution in [2.45, 2.75) is 13.8 Å². The number of hydrogen-bond acceptors (Lipinski definition) is 2. The summed E-state index contributed by atoms with van der Waals surface area (Å²) in [6, 6.07) is 1.73. The molecular weight excluding hydrogens is 140 g/mol. The van der Waals surface area contributed by atoms with Crippen LogP contribution in [-0.4, -0.2) is 10.9 Å². The average Bonchev–Trinajstić information content (AvgIpc) is 1.93. The summed E-state index contributed by atoms with van der Waals surface area (Å²) in [7, 11) is 0. The summed E-state index contributed by atoms with van der Waals surface area (Å²) in [4.78, 5) is 14.4. The number of pyridine rings is 1. The van der Waals surface area contributed by atoms with Gasteiger partial charge in [0.2, 0.25) is 5.91 Å². The molecule has 0 bridgehead atoms. The predicted octanol–water partition coefficient (Wildman–Crippen LogP) is 1.15. The lowest BCUT2D eigenvalue weighted by atomic mass is 10.2. The number of carbonyl (C=O) groups is 1. The van der Waals surface area contributed by atoms with Crippen LogP contribution in [0.25, 0.3) is 0 Å². The molecule has 1 heterocycles. The molecule has 0 aromatic carbocycles. The van der Waals surface area contributed by atoms with E-state index in [0.29, 0.717) is 0 Å². The molecule has 57 valence electrons. The molecule has 11 heavy (non-hydrogen) atoms. The number of anilines is 1. The second-order valence-corrected chi connectivity index (χ2v) is 2.31. The number of rotatable bonds is 1. The van der Waals surface area contributed by atoms with Gasteiger partial charge in [-0.05, 0) is 18.6 Å². The first-order chi connectivity index (χ1) is 5.20. The monoisotopic (exact) mass is 149 g/mol. The fourth-order valence-electron chi connectivity index (χ4n) is 0.736. The first-order valence-electron chi connectivity index (χ1n) is 3.30. The fraction of sp³-hybridized carbons (Fsp3) is 0.250. The van der Waals surface area contributed by atoms with Gasteiger partial charge in [-0.1, -0.05) is 0 Å². The van der Waals surface area contributed by atoms with Gasteiger partial charge in [0.15, 0.2) is 0 Å². The molecule has 0 aliphatic heterocycles. The predicted molar refractivity (Wildman–Crippen MR) is 42.1 cm³/mol. The maximum atomic E-state index is 10.6. The largest absolute Gasteiger partial charge is 0.325 e. The Hall–Kier alpha value is -1.38. The highest BCUT2D eigenvalue weighted by Crippen LogP contribution is 2.09. The van der Waals surface area contributed by atoms with Crippen molar-refractivity contribution in [3.63, 3.8) is 0 Å². The van der Waals surface area contributed by atoms with Gasteiger partial charge in [0, 0.05) is 6.92 Å². The number of amides is 1. The van der Waals surface area contributed by atoms with E-state index < -0.39 is 0 Å². The van der Waals surface area contributed by atoms with E-state index >= 15 is 0 Å². The lowest BCUT2D eigenvalue weighted by Crippen LogP contribution is -2.07. The second kappa shape index (κ2) is 3.14. The molecule has 1 aromatic rings. The molecule has 0 saturated heterocycles. The quantitative estimate of drug-likeness (QED) is 0.650. The zero-order valence-electron chi connectivity index (χ0n) is 6.51. The first kappa shape index (κ1) is 7.72. The molecule has 0 atom stereocenters. The summed E-state index contributed by atoms with van der Waals surface area (Å²) in [6.45, 7) is 3.36. The molecule has 1 amide bonds. The van der Waals surface area contributed by atoms with Crippen LogP contribution in [0, 0.1) is 13.1 Å². The highest BCUT2D eigenvalue weighted by atomic mass is 16.1. The van der Waals surface area contributed by atoms with Crippen LogP contribution in [0.1, 0.15) is 12.5 Å². The van der Waals surface area contributed by atoms with Crippen LogP contribution in [-0.2, 0) is 4.79 Å². The van der Waals surface area contributed by atoms with E-state index in [2.05, 4.69) is 16.5 Å². The van der Waals surface area contributed by atoms with Crippen LogP contribution in [0.4, 0.5) is 5.69 Å². The van der Waals surface area contributed by atoms with Crippen LogP contribution in [0.5, 0.6) is 0 Å². The zero-order valence-corrected chi connectivity index (χ0v) is 6.51. The number of nitrogens with one attached hydrogen (secondary N) is 1. The van der Waals surface area contributed by atoms with E-state index in [-0.39, 0.29) is 5.91 Å². The van der Waals surface area contributed by atoms with Crippen molar-refractivity contribution < 1.29 is 4.79 Å². The van der Waals surface area contributed by atoms with Crippen molar-refractivity contribution in [2.24, 2.45) is 0 Å². The highest BCUT2D eigenvalue weighted by molar-refractivity contribution is 5.89. The standard InChI is InChI=1S/C8H9N2O/c1-6-3-4-9-5-8(6)10-7(2)11/h3,5H,1-2H3,(H,10,11). The summed E-state index contributed by atoms with van der Waals surface area (Å²) in [5.41, 5.74) is 1.71. The number of aromatic nitrogens is 1. The Balaban J connectivity index is 2.86. The maximum Gasteiger partial charge on any atom is 0.221 e. The molecule has 0 unspecified atom stereocenters. The summed E-state index contributed by atoms with van der Waals surface area (Å²) in [6.07, 6.45) is 4.25. The Morgan fingerprint density at radius 2 is 2.45 bits per heavy atom. The topological polar surface area (TPSA) is 42.0 Å². The Morgan fingerprint density at radius 1 is 1.73 bits per heavy atom. The van der Waals surface area contributed by atoms with Crippen molar-refractivity contribution in [3.05, 3.63) is 24.0 Å².